The monoisotopic (exact) mass is 621 g/mol. The third-order valence-corrected chi connectivity index (χ3v) is 9.47. The number of aromatic nitrogens is 5. The lowest BCUT2D eigenvalue weighted by Crippen LogP contribution is -2.51. The molecule has 1 spiro atoms. The van der Waals surface area contributed by atoms with E-state index in [4.69, 9.17) is 47.7 Å². The Morgan fingerprint density at radius 3 is 2.51 bits per heavy atom. The number of anilines is 1. The van der Waals surface area contributed by atoms with E-state index >= 15 is 0 Å². The first-order chi connectivity index (χ1) is 20.9. The minimum absolute atomic E-state index is 0.0637. The van der Waals surface area contributed by atoms with Gasteiger partial charge in [-0.2, -0.15) is 5.10 Å². The van der Waals surface area contributed by atoms with Gasteiger partial charge in [-0.1, -0.05) is 23.2 Å². The summed E-state index contributed by atoms with van der Waals surface area (Å²) in [4.78, 5) is 27.6. The van der Waals surface area contributed by atoms with E-state index in [-0.39, 0.29) is 17.7 Å². The van der Waals surface area contributed by atoms with Gasteiger partial charge in [-0.15, -0.1) is 0 Å². The van der Waals surface area contributed by atoms with Gasteiger partial charge in [0, 0.05) is 73.0 Å². The molecule has 4 aromatic rings. The van der Waals surface area contributed by atoms with Gasteiger partial charge in [0.05, 0.1) is 15.6 Å². The molecule has 43 heavy (non-hydrogen) atoms. The zero-order valence-electron chi connectivity index (χ0n) is 23.9. The SMILES string of the molecule is CC(Oc1ccc2c(c1)c(-c1cnc(N3CCC4(CCC(=O)N4)CC3)nc1)nn2C1CCCCO1)c1c(Cl)cncc1Cl. The number of fused-ring (bicyclic) bond motifs is 1. The zero-order valence-corrected chi connectivity index (χ0v) is 25.4. The Balaban J connectivity index is 1.18. The summed E-state index contributed by atoms with van der Waals surface area (Å²) in [6, 6.07) is 5.94. The Bertz CT molecular complexity index is 1630. The summed E-state index contributed by atoms with van der Waals surface area (Å²) in [5.74, 6) is 1.51. The number of amides is 1. The fourth-order valence-corrected chi connectivity index (χ4v) is 7.18. The summed E-state index contributed by atoms with van der Waals surface area (Å²) in [5.41, 5.74) is 3.15. The second-order valence-electron chi connectivity index (χ2n) is 11.7. The Morgan fingerprint density at radius 1 is 1.07 bits per heavy atom. The van der Waals surface area contributed by atoms with Crippen molar-refractivity contribution in [3.63, 3.8) is 0 Å². The minimum Gasteiger partial charge on any atom is -0.486 e. The Kier molecular flexibility index (Phi) is 7.61. The van der Waals surface area contributed by atoms with E-state index in [1.54, 1.807) is 12.4 Å². The van der Waals surface area contributed by atoms with Crippen LogP contribution in [0.3, 0.4) is 0 Å². The molecule has 0 saturated carbocycles. The highest BCUT2D eigenvalue weighted by atomic mass is 35.5. The van der Waals surface area contributed by atoms with Gasteiger partial charge in [0.2, 0.25) is 11.9 Å². The van der Waals surface area contributed by atoms with Crippen molar-refractivity contribution in [1.29, 1.82) is 0 Å². The molecule has 1 amide bonds. The Morgan fingerprint density at radius 2 is 1.84 bits per heavy atom. The van der Waals surface area contributed by atoms with Gasteiger partial charge in [0.15, 0.2) is 6.23 Å². The number of nitrogens with one attached hydrogen (secondary N) is 1. The number of ether oxygens (including phenoxy) is 2. The summed E-state index contributed by atoms with van der Waals surface area (Å²) in [5, 5.41) is 10.1. The molecule has 1 N–H and O–H groups in total. The van der Waals surface area contributed by atoms with Crippen molar-refractivity contribution in [2.24, 2.45) is 0 Å². The lowest BCUT2D eigenvalue weighted by atomic mass is 9.86. The third kappa shape index (κ3) is 5.52. The molecule has 6 heterocycles. The number of piperidine rings is 1. The number of hydrogen-bond donors (Lipinski definition) is 1. The molecule has 224 valence electrons. The van der Waals surface area contributed by atoms with Crippen LogP contribution in [-0.2, 0) is 9.53 Å². The largest absolute Gasteiger partial charge is 0.486 e. The molecule has 1 aromatic carbocycles. The quantitative estimate of drug-likeness (QED) is 0.268. The van der Waals surface area contributed by atoms with Crippen LogP contribution in [0.5, 0.6) is 5.75 Å². The summed E-state index contributed by atoms with van der Waals surface area (Å²) in [6.07, 6.45) is 12.6. The second kappa shape index (κ2) is 11.6. The van der Waals surface area contributed by atoms with Gasteiger partial charge in [0.25, 0.3) is 0 Å². The van der Waals surface area contributed by atoms with Crippen molar-refractivity contribution in [3.8, 4) is 17.0 Å². The zero-order chi connectivity index (χ0) is 29.6. The first-order valence-electron chi connectivity index (χ1n) is 14.9. The van der Waals surface area contributed by atoms with E-state index in [9.17, 15) is 4.79 Å². The summed E-state index contributed by atoms with van der Waals surface area (Å²) >= 11 is 12.8. The Hall–Kier alpha value is -3.47. The molecule has 12 heteroatoms. The van der Waals surface area contributed by atoms with Crippen LogP contribution in [0, 0.1) is 0 Å². The van der Waals surface area contributed by atoms with Crippen molar-refractivity contribution in [3.05, 3.63) is 58.6 Å². The van der Waals surface area contributed by atoms with Crippen LogP contribution in [0.1, 0.15) is 69.8 Å². The molecule has 10 nitrogen and oxygen atoms in total. The smallest absolute Gasteiger partial charge is 0.225 e. The number of hydrogen-bond acceptors (Lipinski definition) is 8. The molecule has 3 aromatic heterocycles. The van der Waals surface area contributed by atoms with E-state index in [0.717, 1.165) is 73.8 Å². The standard InChI is InChI=1S/C31H33Cl2N7O3/c1-19(28-23(32)17-34-18-24(28)33)43-21-5-6-25-22(14-21)29(38-40(25)27-4-2-3-13-42-27)20-15-35-30(36-16-20)39-11-9-31(10-12-39)8-7-26(41)37-31/h5-6,14-19,27H,2-4,7-13H2,1H3,(H,37,41). The maximum atomic E-state index is 11.8. The van der Waals surface area contributed by atoms with Gasteiger partial charge in [-0.3, -0.25) is 9.78 Å². The molecule has 0 bridgehead atoms. The third-order valence-electron chi connectivity index (χ3n) is 8.87. The molecule has 2 unspecified atom stereocenters. The number of carbonyl (C=O) groups is 1. The van der Waals surface area contributed by atoms with Crippen LogP contribution in [-0.4, -0.2) is 55.9 Å². The average molecular weight is 623 g/mol. The first kappa shape index (κ1) is 28.3. The molecule has 3 aliphatic heterocycles. The summed E-state index contributed by atoms with van der Waals surface area (Å²) in [6.45, 7) is 4.24. The van der Waals surface area contributed by atoms with Crippen LogP contribution < -0.4 is 15.0 Å². The first-order valence-corrected chi connectivity index (χ1v) is 15.6. The number of benzene rings is 1. The number of pyridine rings is 1. The number of rotatable bonds is 6. The van der Waals surface area contributed by atoms with Crippen molar-refractivity contribution >= 4 is 46.0 Å². The van der Waals surface area contributed by atoms with Crippen molar-refractivity contribution < 1.29 is 14.3 Å². The van der Waals surface area contributed by atoms with E-state index in [0.29, 0.717) is 40.3 Å². The summed E-state index contributed by atoms with van der Waals surface area (Å²) in [7, 11) is 0. The highest BCUT2D eigenvalue weighted by Crippen LogP contribution is 2.38. The highest BCUT2D eigenvalue weighted by Gasteiger charge is 2.40. The van der Waals surface area contributed by atoms with Crippen LogP contribution in [0.25, 0.3) is 22.2 Å². The lowest BCUT2D eigenvalue weighted by Gasteiger charge is -2.39. The molecule has 3 fully saturated rings. The molecular weight excluding hydrogens is 589 g/mol. The predicted molar refractivity (Wildman–Crippen MR) is 164 cm³/mol. The highest BCUT2D eigenvalue weighted by molar-refractivity contribution is 6.35. The van der Waals surface area contributed by atoms with Crippen molar-refractivity contribution in [2.75, 3.05) is 24.6 Å². The second-order valence-corrected chi connectivity index (χ2v) is 12.5. The van der Waals surface area contributed by atoms with Gasteiger partial charge in [0.1, 0.15) is 17.5 Å². The van der Waals surface area contributed by atoms with E-state index in [2.05, 4.69) is 15.2 Å². The van der Waals surface area contributed by atoms with E-state index < -0.39 is 6.10 Å². The van der Waals surface area contributed by atoms with Crippen molar-refractivity contribution in [2.45, 2.75) is 69.7 Å². The molecule has 7 rings (SSSR count). The van der Waals surface area contributed by atoms with Crippen molar-refractivity contribution in [1.82, 2.24) is 30.0 Å². The number of nitrogens with zero attached hydrogens (tertiary/aromatic N) is 6. The van der Waals surface area contributed by atoms with E-state index in [1.807, 2.05) is 42.2 Å². The number of halogens is 2. The van der Waals surface area contributed by atoms with Gasteiger partial charge in [-0.05, 0) is 63.6 Å². The van der Waals surface area contributed by atoms with E-state index in [1.165, 1.54) is 0 Å². The maximum absolute atomic E-state index is 11.8. The molecule has 0 aliphatic carbocycles. The maximum Gasteiger partial charge on any atom is 0.225 e. The average Bonchev–Trinajstić information content (AvgIpc) is 3.58. The van der Waals surface area contributed by atoms with Crippen LogP contribution in [0.15, 0.2) is 43.0 Å². The topological polar surface area (TPSA) is 107 Å². The molecular formula is C31H33Cl2N7O3. The normalized spacial score (nSPS) is 20.9. The lowest BCUT2D eigenvalue weighted by molar-refractivity contribution is -0.119. The fourth-order valence-electron chi connectivity index (χ4n) is 6.51. The van der Waals surface area contributed by atoms with Gasteiger partial charge >= 0.3 is 0 Å². The fraction of sp³-hybridized carbons (Fsp3) is 0.452. The van der Waals surface area contributed by atoms with Gasteiger partial charge in [-0.25, -0.2) is 14.6 Å². The summed E-state index contributed by atoms with van der Waals surface area (Å²) < 4.78 is 14.4. The van der Waals surface area contributed by atoms with Crippen LogP contribution >= 0.6 is 23.2 Å². The molecule has 2 atom stereocenters. The van der Waals surface area contributed by atoms with Crippen LogP contribution in [0.2, 0.25) is 10.0 Å². The van der Waals surface area contributed by atoms with Gasteiger partial charge < -0.3 is 19.7 Å². The molecule has 3 saturated heterocycles. The predicted octanol–water partition coefficient (Wildman–Crippen LogP) is 6.28. The molecule has 3 aliphatic rings. The Labute approximate surface area is 259 Å². The number of carbonyl (C=O) groups excluding carboxylic acids is 1. The minimum atomic E-state index is -0.399. The van der Waals surface area contributed by atoms with Crippen LogP contribution in [0.4, 0.5) is 5.95 Å². The molecule has 0 radical (unpaired) electrons.